The number of aromatic nitrogens is 2. The van der Waals surface area contributed by atoms with Crippen LogP contribution in [0.5, 0.6) is 11.6 Å². The molecule has 0 aliphatic carbocycles. The van der Waals surface area contributed by atoms with Gasteiger partial charge in [0, 0.05) is 17.6 Å². The summed E-state index contributed by atoms with van der Waals surface area (Å²) in [5.41, 5.74) is 8.50. The predicted molar refractivity (Wildman–Crippen MR) is 84.2 cm³/mol. The number of halogens is 1. The van der Waals surface area contributed by atoms with Gasteiger partial charge in [-0.05, 0) is 49.4 Å². The zero-order chi connectivity index (χ0) is 14.8. The van der Waals surface area contributed by atoms with Crippen LogP contribution in [0.1, 0.15) is 11.3 Å². The van der Waals surface area contributed by atoms with Gasteiger partial charge in [-0.3, -0.25) is 0 Å². The first-order valence-corrected chi connectivity index (χ1v) is 7.17. The number of aryl methyl sites for hydroxylation is 1. The molecule has 0 bridgehead atoms. The van der Waals surface area contributed by atoms with Crippen molar-refractivity contribution < 1.29 is 4.74 Å². The molecule has 2 N–H and O–H groups in total. The Bertz CT molecular complexity index is 782. The van der Waals surface area contributed by atoms with E-state index in [1.54, 1.807) is 0 Å². The third-order valence-corrected chi connectivity index (χ3v) is 3.55. The second kappa shape index (κ2) is 5.76. The van der Waals surface area contributed by atoms with Crippen molar-refractivity contribution in [1.82, 2.24) is 9.38 Å². The maximum atomic E-state index is 5.99. The molecular formula is C16H16ClN3O. The van der Waals surface area contributed by atoms with Gasteiger partial charge >= 0.3 is 0 Å². The quantitative estimate of drug-likeness (QED) is 0.801. The van der Waals surface area contributed by atoms with E-state index in [4.69, 9.17) is 22.1 Å². The molecule has 5 heteroatoms. The smallest absolute Gasteiger partial charge is 0.241 e. The Morgan fingerprint density at radius 1 is 1.29 bits per heavy atom. The van der Waals surface area contributed by atoms with E-state index in [-0.39, 0.29) is 0 Å². The van der Waals surface area contributed by atoms with Gasteiger partial charge in [0.25, 0.3) is 0 Å². The number of rotatable bonds is 4. The van der Waals surface area contributed by atoms with E-state index in [2.05, 4.69) is 4.98 Å². The molecule has 0 saturated carbocycles. The third-order valence-electron chi connectivity index (χ3n) is 3.32. The van der Waals surface area contributed by atoms with Gasteiger partial charge in [0.05, 0.1) is 5.69 Å². The summed E-state index contributed by atoms with van der Waals surface area (Å²) in [5, 5.41) is 0.692. The van der Waals surface area contributed by atoms with Crippen molar-refractivity contribution in [1.29, 1.82) is 0 Å². The Kier molecular flexibility index (Phi) is 3.82. The zero-order valence-electron chi connectivity index (χ0n) is 11.7. The fourth-order valence-corrected chi connectivity index (χ4v) is 2.53. The monoisotopic (exact) mass is 301 g/mol. The molecule has 0 unspecified atom stereocenters. The highest BCUT2D eigenvalue weighted by atomic mass is 35.5. The molecule has 1 aromatic carbocycles. The number of imidazole rings is 1. The Labute approximate surface area is 128 Å². The largest absolute Gasteiger partial charge is 0.437 e. The number of ether oxygens (including phenoxy) is 1. The number of hydrogen-bond acceptors (Lipinski definition) is 3. The highest BCUT2D eigenvalue weighted by Gasteiger charge is 2.14. The summed E-state index contributed by atoms with van der Waals surface area (Å²) in [6.07, 6.45) is 2.67. The molecule has 0 fully saturated rings. The van der Waals surface area contributed by atoms with Crippen LogP contribution in [0.4, 0.5) is 0 Å². The van der Waals surface area contributed by atoms with Crippen LogP contribution in [-0.4, -0.2) is 15.9 Å². The number of hydrogen-bond donors (Lipinski definition) is 1. The lowest BCUT2D eigenvalue weighted by Crippen LogP contribution is -2.06. The van der Waals surface area contributed by atoms with Crippen LogP contribution in [0.3, 0.4) is 0 Å². The molecule has 108 valence electrons. The van der Waals surface area contributed by atoms with Gasteiger partial charge in [-0.1, -0.05) is 17.7 Å². The van der Waals surface area contributed by atoms with Gasteiger partial charge in [0.1, 0.15) is 11.4 Å². The van der Waals surface area contributed by atoms with Crippen molar-refractivity contribution >= 4 is 17.2 Å². The summed E-state index contributed by atoms with van der Waals surface area (Å²) < 4.78 is 7.99. The van der Waals surface area contributed by atoms with Crippen molar-refractivity contribution in [3.05, 3.63) is 58.9 Å². The van der Waals surface area contributed by atoms with E-state index in [0.29, 0.717) is 23.9 Å². The number of nitrogens with two attached hydrogens (primary N) is 1. The number of pyridine rings is 1. The van der Waals surface area contributed by atoms with Gasteiger partial charge in [0.2, 0.25) is 5.88 Å². The summed E-state index contributed by atoms with van der Waals surface area (Å²) in [5.74, 6) is 1.35. The molecule has 0 aliphatic rings. The highest BCUT2D eigenvalue weighted by Crippen LogP contribution is 2.29. The Morgan fingerprint density at radius 3 is 2.90 bits per heavy atom. The van der Waals surface area contributed by atoms with Gasteiger partial charge < -0.3 is 14.9 Å². The first kappa shape index (κ1) is 13.9. The summed E-state index contributed by atoms with van der Waals surface area (Å²) in [4.78, 5) is 4.54. The Hall–Kier alpha value is -2.04. The van der Waals surface area contributed by atoms with Gasteiger partial charge in [-0.15, -0.1) is 0 Å². The molecule has 21 heavy (non-hydrogen) atoms. The average Bonchev–Trinajstić information content (AvgIpc) is 2.81. The molecule has 2 heterocycles. The molecular weight excluding hydrogens is 286 g/mol. The second-order valence-corrected chi connectivity index (χ2v) is 5.28. The Balaban J connectivity index is 2.05. The lowest BCUT2D eigenvalue weighted by Gasteiger charge is -2.08. The normalized spacial score (nSPS) is 11.0. The van der Waals surface area contributed by atoms with Crippen molar-refractivity contribution in [2.45, 2.75) is 13.3 Å². The number of nitrogens with zero attached hydrogens (tertiary/aromatic N) is 2. The lowest BCUT2D eigenvalue weighted by molar-refractivity contribution is 0.456. The van der Waals surface area contributed by atoms with Crippen LogP contribution in [0.25, 0.3) is 5.65 Å². The van der Waals surface area contributed by atoms with E-state index >= 15 is 0 Å². The van der Waals surface area contributed by atoms with E-state index in [0.717, 1.165) is 22.7 Å². The van der Waals surface area contributed by atoms with E-state index in [1.165, 1.54) is 0 Å². The maximum Gasteiger partial charge on any atom is 0.241 e. The van der Waals surface area contributed by atoms with Crippen molar-refractivity contribution in [2.24, 2.45) is 5.73 Å². The SMILES string of the molecule is Cc1cc(Cl)ccc1Oc1nc2ccccn2c1CCN. The van der Waals surface area contributed by atoms with Gasteiger partial charge in [0.15, 0.2) is 0 Å². The first-order valence-electron chi connectivity index (χ1n) is 6.79. The lowest BCUT2D eigenvalue weighted by atomic mass is 10.2. The van der Waals surface area contributed by atoms with Gasteiger partial charge in [-0.2, -0.15) is 4.98 Å². The standard InChI is InChI=1S/C16H16ClN3O/c1-11-10-12(17)5-6-14(11)21-16-13(7-8-18)20-9-3-2-4-15(20)19-16/h2-6,9-10H,7-8,18H2,1H3. The molecule has 0 amide bonds. The summed E-state index contributed by atoms with van der Waals surface area (Å²) in [6, 6.07) is 11.4. The number of benzene rings is 1. The van der Waals surface area contributed by atoms with E-state index in [1.807, 2.05) is 53.9 Å². The van der Waals surface area contributed by atoms with Crippen molar-refractivity contribution in [3.8, 4) is 11.6 Å². The first-order chi connectivity index (χ1) is 10.2. The van der Waals surface area contributed by atoms with Crippen LogP contribution in [-0.2, 0) is 6.42 Å². The predicted octanol–water partition coefficient (Wildman–Crippen LogP) is 3.59. The van der Waals surface area contributed by atoms with Crippen LogP contribution in [0.2, 0.25) is 5.02 Å². The Morgan fingerprint density at radius 2 is 2.14 bits per heavy atom. The summed E-state index contributed by atoms with van der Waals surface area (Å²) in [7, 11) is 0. The highest BCUT2D eigenvalue weighted by molar-refractivity contribution is 6.30. The molecule has 2 aromatic heterocycles. The van der Waals surface area contributed by atoms with Crippen LogP contribution in [0.15, 0.2) is 42.6 Å². The van der Waals surface area contributed by atoms with Crippen molar-refractivity contribution in [3.63, 3.8) is 0 Å². The van der Waals surface area contributed by atoms with Crippen LogP contribution in [0, 0.1) is 6.92 Å². The molecule has 3 rings (SSSR count). The minimum absolute atomic E-state index is 0.540. The third kappa shape index (κ3) is 2.73. The van der Waals surface area contributed by atoms with Crippen molar-refractivity contribution in [2.75, 3.05) is 6.54 Å². The number of fused-ring (bicyclic) bond motifs is 1. The fraction of sp³-hybridized carbons (Fsp3) is 0.188. The maximum absolute atomic E-state index is 5.99. The molecule has 0 aliphatic heterocycles. The zero-order valence-corrected chi connectivity index (χ0v) is 12.5. The van der Waals surface area contributed by atoms with Crippen LogP contribution >= 0.6 is 11.6 Å². The summed E-state index contributed by atoms with van der Waals surface area (Å²) >= 11 is 5.97. The van der Waals surface area contributed by atoms with E-state index < -0.39 is 0 Å². The second-order valence-electron chi connectivity index (χ2n) is 4.84. The van der Waals surface area contributed by atoms with Crippen LogP contribution < -0.4 is 10.5 Å². The average molecular weight is 302 g/mol. The molecule has 0 spiro atoms. The molecule has 0 atom stereocenters. The molecule has 4 nitrogen and oxygen atoms in total. The molecule has 0 radical (unpaired) electrons. The topological polar surface area (TPSA) is 52.5 Å². The fourth-order valence-electron chi connectivity index (χ4n) is 2.30. The summed E-state index contributed by atoms with van der Waals surface area (Å²) in [6.45, 7) is 2.50. The van der Waals surface area contributed by atoms with E-state index in [9.17, 15) is 0 Å². The van der Waals surface area contributed by atoms with Gasteiger partial charge in [-0.25, -0.2) is 0 Å². The minimum Gasteiger partial charge on any atom is -0.437 e. The minimum atomic E-state index is 0.540. The molecule has 0 saturated heterocycles. The molecule has 3 aromatic rings.